The molecule has 2 N–H and O–H groups in total. The molecule has 4 heteroatoms. The summed E-state index contributed by atoms with van der Waals surface area (Å²) in [6.07, 6.45) is 1.90. The van der Waals surface area contributed by atoms with Crippen LogP contribution in [-0.2, 0) is 13.6 Å². The Morgan fingerprint density at radius 2 is 2.50 bits per heavy atom. The second-order valence-electron chi connectivity index (χ2n) is 2.40. The van der Waals surface area contributed by atoms with Gasteiger partial charge in [0.1, 0.15) is 0 Å². The van der Waals surface area contributed by atoms with Gasteiger partial charge in [-0.1, -0.05) is 0 Å². The van der Waals surface area contributed by atoms with Crippen LogP contribution in [0.2, 0.25) is 0 Å². The zero-order valence-corrected chi connectivity index (χ0v) is 6.28. The van der Waals surface area contributed by atoms with Crippen molar-refractivity contribution in [2.24, 2.45) is 12.9 Å². The van der Waals surface area contributed by atoms with Gasteiger partial charge in [-0.15, -0.1) is 0 Å². The Balaban J connectivity index is 2.58. The monoisotopic (exact) mass is 140 g/mol. The molecule has 0 aliphatic carbocycles. The maximum Gasteiger partial charge on any atom is 0.0778 e. The Hall–Kier alpha value is -0.870. The topological polar surface area (TPSA) is 47.1 Å². The lowest BCUT2D eigenvalue weighted by Crippen LogP contribution is -2.25. The Morgan fingerprint density at radius 3 is 2.90 bits per heavy atom. The maximum atomic E-state index is 5.42. The lowest BCUT2D eigenvalue weighted by Gasteiger charge is -2.04. The molecule has 0 spiro atoms. The molecule has 4 nitrogen and oxygen atoms in total. The van der Waals surface area contributed by atoms with Gasteiger partial charge in [0, 0.05) is 20.3 Å². The summed E-state index contributed by atoms with van der Waals surface area (Å²) in [6, 6.07) is 1.95. The van der Waals surface area contributed by atoms with E-state index in [4.69, 9.17) is 5.84 Å². The van der Waals surface area contributed by atoms with Gasteiger partial charge in [0.15, 0.2) is 0 Å². The number of nitrogens with zero attached hydrogens (tertiary/aromatic N) is 3. The zero-order valence-electron chi connectivity index (χ0n) is 6.28. The molecule has 10 heavy (non-hydrogen) atoms. The number of hydrogen-bond donors (Lipinski definition) is 1. The fourth-order valence-electron chi connectivity index (χ4n) is 0.803. The summed E-state index contributed by atoms with van der Waals surface area (Å²) in [7, 11) is 3.70. The second kappa shape index (κ2) is 2.81. The van der Waals surface area contributed by atoms with Gasteiger partial charge in [0.05, 0.1) is 12.2 Å². The normalized spacial score (nSPS) is 10.8. The van der Waals surface area contributed by atoms with Crippen LogP contribution in [-0.4, -0.2) is 21.8 Å². The summed E-state index contributed by atoms with van der Waals surface area (Å²) >= 11 is 0. The van der Waals surface area contributed by atoms with E-state index in [0.29, 0.717) is 6.54 Å². The molecular weight excluding hydrogens is 128 g/mol. The number of hydrazine groups is 1. The van der Waals surface area contributed by atoms with Gasteiger partial charge in [-0.3, -0.25) is 10.5 Å². The van der Waals surface area contributed by atoms with E-state index in [9.17, 15) is 0 Å². The molecule has 0 bridgehead atoms. The largest absolute Gasteiger partial charge is 0.276 e. The SMILES string of the molecule is CN(N)Cc1ccn(C)n1. The van der Waals surface area contributed by atoms with Crippen LogP contribution in [0.3, 0.4) is 0 Å². The van der Waals surface area contributed by atoms with Gasteiger partial charge >= 0.3 is 0 Å². The third-order valence-electron chi connectivity index (χ3n) is 1.18. The first kappa shape index (κ1) is 7.24. The average molecular weight is 140 g/mol. The highest BCUT2D eigenvalue weighted by Gasteiger charge is 1.96. The Morgan fingerprint density at radius 1 is 1.80 bits per heavy atom. The van der Waals surface area contributed by atoms with Crippen molar-refractivity contribution in [3.05, 3.63) is 18.0 Å². The number of rotatable bonds is 2. The van der Waals surface area contributed by atoms with Crippen molar-refractivity contribution in [2.45, 2.75) is 6.54 Å². The summed E-state index contributed by atoms with van der Waals surface area (Å²) in [5.74, 6) is 5.42. The Kier molecular flexibility index (Phi) is 2.03. The molecule has 1 rings (SSSR count). The molecule has 1 heterocycles. The van der Waals surface area contributed by atoms with Crippen LogP contribution in [0.1, 0.15) is 5.69 Å². The minimum absolute atomic E-state index is 0.695. The van der Waals surface area contributed by atoms with Crippen LogP contribution in [0.25, 0.3) is 0 Å². The van der Waals surface area contributed by atoms with Crippen molar-refractivity contribution < 1.29 is 0 Å². The molecular formula is C6H12N4. The highest BCUT2D eigenvalue weighted by atomic mass is 15.4. The van der Waals surface area contributed by atoms with E-state index in [2.05, 4.69) is 5.10 Å². The van der Waals surface area contributed by atoms with Crippen molar-refractivity contribution in [3.8, 4) is 0 Å². The summed E-state index contributed by atoms with van der Waals surface area (Å²) in [5, 5.41) is 5.75. The lowest BCUT2D eigenvalue weighted by molar-refractivity contribution is 0.336. The number of hydrogen-bond acceptors (Lipinski definition) is 3. The lowest BCUT2D eigenvalue weighted by atomic mass is 10.4. The van der Waals surface area contributed by atoms with Gasteiger partial charge in [-0.25, -0.2) is 5.01 Å². The Labute approximate surface area is 60.2 Å². The molecule has 1 aromatic rings. The molecule has 0 amide bonds. The number of aromatic nitrogens is 2. The minimum Gasteiger partial charge on any atom is -0.276 e. The third kappa shape index (κ3) is 1.82. The third-order valence-corrected chi connectivity index (χ3v) is 1.18. The first-order valence-electron chi connectivity index (χ1n) is 3.13. The van der Waals surface area contributed by atoms with Crippen molar-refractivity contribution in [2.75, 3.05) is 7.05 Å². The van der Waals surface area contributed by atoms with E-state index in [1.807, 2.05) is 26.4 Å². The second-order valence-corrected chi connectivity index (χ2v) is 2.40. The van der Waals surface area contributed by atoms with E-state index in [1.165, 1.54) is 0 Å². The van der Waals surface area contributed by atoms with Crippen molar-refractivity contribution >= 4 is 0 Å². The van der Waals surface area contributed by atoms with Gasteiger partial charge in [-0.05, 0) is 6.07 Å². The molecule has 0 radical (unpaired) electrons. The summed E-state index contributed by atoms with van der Waals surface area (Å²) in [6.45, 7) is 0.695. The maximum absolute atomic E-state index is 5.42. The molecule has 56 valence electrons. The predicted octanol–water partition coefficient (Wildman–Crippen LogP) is -0.274. The standard InChI is InChI=1S/C6H12N4/c1-9(7)5-6-3-4-10(2)8-6/h3-4H,5,7H2,1-2H3. The van der Waals surface area contributed by atoms with Gasteiger partial charge in [-0.2, -0.15) is 5.10 Å². The van der Waals surface area contributed by atoms with Crippen LogP contribution in [0.4, 0.5) is 0 Å². The molecule has 0 aromatic carbocycles. The molecule has 0 saturated carbocycles. The van der Waals surface area contributed by atoms with Crippen molar-refractivity contribution in [1.29, 1.82) is 0 Å². The van der Waals surface area contributed by atoms with Gasteiger partial charge in [0.25, 0.3) is 0 Å². The van der Waals surface area contributed by atoms with Crippen molar-refractivity contribution in [3.63, 3.8) is 0 Å². The minimum atomic E-state index is 0.695. The van der Waals surface area contributed by atoms with Gasteiger partial charge < -0.3 is 0 Å². The fourth-order valence-corrected chi connectivity index (χ4v) is 0.803. The molecule has 1 aromatic heterocycles. The first-order chi connectivity index (χ1) is 4.68. The van der Waals surface area contributed by atoms with Crippen LogP contribution < -0.4 is 5.84 Å². The molecule has 0 aliphatic rings. The molecule has 0 saturated heterocycles. The van der Waals surface area contributed by atoms with E-state index >= 15 is 0 Å². The van der Waals surface area contributed by atoms with Crippen LogP contribution in [0, 0.1) is 0 Å². The molecule has 0 fully saturated rings. The zero-order chi connectivity index (χ0) is 7.56. The van der Waals surface area contributed by atoms with E-state index in [1.54, 1.807) is 9.69 Å². The first-order valence-corrected chi connectivity index (χ1v) is 3.13. The van der Waals surface area contributed by atoms with E-state index in [0.717, 1.165) is 5.69 Å². The molecule has 0 aliphatic heterocycles. The molecule has 0 atom stereocenters. The summed E-state index contributed by atoms with van der Waals surface area (Å²) in [5.41, 5.74) is 0.993. The van der Waals surface area contributed by atoms with Crippen LogP contribution in [0.5, 0.6) is 0 Å². The fraction of sp³-hybridized carbons (Fsp3) is 0.500. The highest BCUT2D eigenvalue weighted by Crippen LogP contribution is 1.94. The number of nitrogens with two attached hydrogens (primary N) is 1. The van der Waals surface area contributed by atoms with Crippen molar-refractivity contribution in [1.82, 2.24) is 14.8 Å². The Bertz CT molecular complexity index is 203. The van der Waals surface area contributed by atoms with E-state index < -0.39 is 0 Å². The van der Waals surface area contributed by atoms with Gasteiger partial charge in [0.2, 0.25) is 0 Å². The predicted molar refractivity (Wildman–Crippen MR) is 38.9 cm³/mol. The smallest absolute Gasteiger partial charge is 0.0778 e. The summed E-state index contributed by atoms with van der Waals surface area (Å²) < 4.78 is 1.76. The van der Waals surface area contributed by atoms with Crippen LogP contribution >= 0.6 is 0 Å². The van der Waals surface area contributed by atoms with Crippen LogP contribution in [0.15, 0.2) is 12.3 Å². The van der Waals surface area contributed by atoms with E-state index in [-0.39, 0.29) is 0 Å². The quantitative estimate of drug-likeness (QED) is 0.454. The average Bonchev–Trinajstić information content (AvgIpc) is 2.13. The number of aryl methyl sites for hydroxylation is 1. The summed E-state index contributed by atoms with van der Waals surface area (Å²) in [4.78, 5) is 0. The highest BCUT2D eigenvalue weighted by molar-refractivity contribution is 4.97. The molecule has 0 unspecified atom stereocenters.